The number of guanidine groups is 1. The molecule has 0 spiro atoms. The fraction of sp³-hybridized carbons (Fsp3) is 0.478. The summed E-state index contributed by atoms with van der Waals surface area (Å²) in [7, 11) is 0. The van der Waals surface area contributed by atoms with E-state index in [1.165, 1.54) is 0 Å². The highest BCUT2D eigenvalue weighted by Gasteiger charge is 2.35. The number of piperidine rings is 1. The lowest BCUT2D eigenvalue weighted by atomic mass is 9.97. The van der Waals surface area contributed by atoms with Gasteiger partial charge in [0.05, 0.1) is 5.56 Å². The van der Waals surface area contributed by atoms with Crippen LogP contribution in [0.25, 0.3) is 0 Å². The smallest absolute Gasteiger partial charge is 0.280 e. The Morgan fingerprint density at radius 1 is 1.08 bits per heavy atom. The van der Waals surface area contributed by atoms with Gasteiger partial charge < -0.3 is 27.0 Å². The van der Waals surface area contributed by atoms with Crippen molar-refractivity contribution in [3.8, 4) is 0 Å². The zero-order chi connectivity index (χ0) is 27.6. The molecule has 0 saturated carbocycles. The number of nitrogens with zero attached hydrogens (tertiary/aromatic N) is 6. The molecule has 2 saturated heterocycles. The standard InChI is InChI=1S/C23H31Cl2N11O2/c1-2-12-11-35(20-17(25)31-16(19(27)32-20)21(37)33-23(28)29)9-10-36(12)13-5-7-34(8-6-13)22(38)14-3-4-15(24)30-18(14)26/h3-4,12-13H,2,5-11H2,1H3,(H2,26,30)(H2,27,32)(H4,28,29,33,37)/t12-/m0/s1. The largest absolute Gasteiger partial charge is 0.383 e. The molecular weight excluding hydrogens is 533 g/mol. The Morgan fingerprint density at radius 2 is 1.79 bits per heavy atom. The van der Waals surface area contributed by atoms with Gasteiger partial charge in [0.1, 0.15) is 11.0 Å². The fourth-order valence-electron chi connectivity index (χ4n) is 5.08. The van der Waals surface area contributed by atoms with Gasteiger partial charge in [-0.2, -0.15) is 0 Å². The Labute approximate surface area is 230 Å². The van der Waals surface area contributed by atoms with Crippen LogP contribution >= 0.6 is 23.2 Å². The Hall–Kier alpha value is -3.42. The zero-order valence-electron chi connectivity index (χ0n) is 21.0. The zero-order valence-corrected chi connectivity index (χ0v) is 22.5. The van der Waals surface area contributed by atoms with Crippen molar-refractivity contribution in [3.05, 3.63) is 33.7 Å². The van der Waals surface area contributed by atoms with Crippen molar-refractivity contribution in [3.63, 3.8) is 0 Å². The molecule has 2 aliphatic rings. The summed E-state index contributed by atoms with van der Waals surface area (Å²) in [6.07, 6.45) is 2.59. The molecule has 4 rings (SSSR count). The number of nitrogens with one attached hydrogen (secondary N) is 2. The molecule has 8 N–H and O–H groups in total. The van der Waals surface area contributed by atoms with Crippen molar-refractivity contribution < 1.29 is 9.59 Å². The highest BCUT2D eigenvalue weighted by atomic mass is 35.5. The first-order valence-electron chi connectivity index (χ1n) is 12.3. The number of carbonyl (C=O) groups excluding carboxylic acids is 2. The molecule has 0 unspecified atom stereocenters. The van der Waals surface area contributed by atoms with E-state index in [0.29, 0.717) is 43.6 Å². The number of halogens is 2. The van der Waals surface area contributed by atoms with Crippen molar-refractivity contribution in [1.29, 1.82) is 5.41 Å². The Balaban J connectivity index is 1.39. The minimum absolute atomic E-state index is 0.0546. The van der Waals surface area contributed by atoms with Gasteiger partial charge in [0.15, 0.2) is 28.4 Å². The lowest BCUT2D eigenvalue weighted by Gasteiger charge is -2.47. The van der Waals surface area contributed by atoms with Gasteiger partial charge >= 0.3 is 0 Å². The normalized spacial score (nSPS) is 18.9. The summed E-state index contributed by atoms with van der Waals surface area (Å²) >= 11 is 12.3. The highest BCUT2D eigenvalue weighted by molar-refractivity contribution is 6.32. The molecule has 0 radical (unpaired) electrons. The van der Waals surface area contributed by atoms with Gasteiger partial charge in [-0.15, -0.1) is 0 Å². The summed E-state index contributed by atoms with van der Waals surface area (Å²) in [5, 5.41) is 9.66. The van der Waals surface area contributed by atoms with E-state index in [4.69, 9.17) is 45.8 Å². The van der Waals surface area contributed by atoms with Gasteiger partial charge in [0, 0.05) is 44.8 Å². The molecule has 0 aliphatic carbocycles. The minimum Gasteiger partial charge on any atom is -0.383 e. The van der Waals surface area contributed by atoms with E-state index in [9.17, 15) is 9.59 Å². The number of nitrogen functional groups attached to an aromatic ring is 2. The first-order chi connectivity index (χ1) is 18.1. The summed E-state index contributed by atoms with van der Waals surface area (Å²) in [5.41, 5.74) is 17.3. The van der Waals surface area contributed by atoms with E-state index in [2.05, 4.69) is 32.1 Å². The predicted octanol–water partition coefficient (Wildman–Crippen LogP) is 1.17. The molecule has 2 aromatic rings. The fourth-order valence-corrected chi connectivity index (χ4v) is 5.48. The molecule has 13 nitrogen and oxygen atoms in total. The monoisotopic (exact) mass is 563 g/mol. The van der Waals surface area contributed by atoms with Crippen LogP contribution in [0.1, 0.15) is 47.0 Å². The van der Waals surface area contributed by atoms with Crippen LogP contribution in [0.5, 0.6) is 0 Å². The molecule has 38 heavy (non-hydrogen) atoms. The third-order valence-corrected chi connectivity index (χ3v) is 7.43. The molecule has 4 heterocycles. The predicted molar refractivity (Wildman–Crippen MR) is 146 cm³/mol. The van der Waals surface area contributed by atoms with Crippen molar-refractivity contribution in [1.82, 2.24) is 30.1 Å². The SMILES string of the molecule is CC[C@H]1CN(c2nc(N)c(C(=O)NC(=N)N)nc2Cl)CCN1C1CCN(C(=O)c2ccc(Cl)nc2N)CC1. The number of hydrogen-bond donors (Lipinski definition) is 5. The molecule has 0 bridgehead atoms. The molecular formula is C23H31Cl2N11O2. The number of pyridine rings is 1. The van der Waals surface area contributed by atoms with E-state index in [-0.39, 0.29) is 39.6 Å². The Bertz CT molecular complexity index is 1240. The third-order valence-electron chi connectivity index (χ3n) is 6.97. The quantitative estimate of drug-likeness (QED) is 0.200. The second-order valence-electron chi connectivity index (χ2n) is 9.28. The molecule has 1 atom stereocenters. The van der Waals surface area contributed by atoms with Crippen molar-refractivity contribution in [2.45, 2.75) is 38.3 Å². The van der Waals surface area contributed by atoms with E-state index in [1.807, 2.05) is 9.80 Å². The number of likely N-dealkylation sites (tertiary alicyclic amines) is 1. The topological polar surface area (TPSA) is 196 Å². The van der Waals surface area contributed by atoms with Crippen LogP contribution in [0.15, 0.2) is 12.1 Å². The van der Waals surface area contributed by atoms with Gasteiger partial charge in [-0.1, -0.05) is 30.1 Å². The maximum atomic E-state index is 13.0. The molecule has 2 aliphatic heterocycles. The van der Waals surface area contributed by atoms with Crippen LogP contribution in [-0.4, -0.2) is 87.3 Å². The van der Waals surface area contributed by atoms with Crippen molar-refractivity contribution >= 4 is 58.4 Å². The van der Waals surface area contributed by atoms with Crippen LogP contribution in [0.3, 0.4) is 0 Å². The van der Waals surface area contributed by atoms with Gasteiger partial charge in [-0.3, -0.25) is 25.2 Å². The van der Waals surface area contributed by atoms with Gasteiger partial charge in [-0.05, 0) is 31.4 Å². The van der Waals surface area contributed by atoms with Crippen molar-refractivity contribution in [2.24, 2.45) is 5.73 Å². The number of anilines is 3. The van der Waals surface area contributed by atoms with E-state index < -0.39 is 11.9 Å². The van der Waals surface area contributed by atoms with Crippen LogP contribution in [0.4, 0.5) is 17.5 Å². The second kappa shape index (κ2) is 11.5. The number of rotatable bonds is 5. The number of carbonyl (C=O) groups is 2. The lowest BCUT2D eigenvalue weighted by molar-refractivity contribution is 0.0491. The van der Waals surface area contributed by atoms with E-state index in [1.54, 1.807) is 12.1 Å². The van der Waals surface area contributed by atoms with Crippen LogP contribution in [0.2, 0.25) is 10.3 Å². The lowest BCUT2D eigenvalue weighted by Crippen LogP contribution is -2.58. The van der Waals surface area contributed by atoms with Gasteiger partial charge in [-0.25, -0.2) is 15.0 Å². The summed E-state index contributed by atoms with van der Waals surface area (Å²) < 4.78 is 0. The van der Waals surface area contributed by atoms with Crippen molar-refractivity contribution in [2.75, 3.05) is 49.1 Å². The molecule has 0 aromatic carbocycles. The molecule has 15 heteroatoms. The van der Waals surface area contributed by atoms with Gasteiger partial charge in [0.25, 0.3) is 11.8 Å². The second-order valence-corrected chi connectivity index (χ2v) is 10.0. The van der Waals surface area contributed by atoms with Crippen LogP contribution < -0.4 is 27.4 Å². The summed E-state index contributed by atoms with van der Waals surface area (Å²) in [6, 6.07) is 3.75. The van der Waals surface area contributed by atoms with Gasteiger partial charge in [0.2, 0.25) is 0 Å². The maximum absolute atomic E-state index is 13.0. The summed E-state index contributed by atoms with van der Waals surface area (Å²) in [4.78, 5) is 44.0. The molecule has 2 aromatic heterocycles. The molecule has 2 fully saturated rings. The first-order valence-corrected chi connectivity index (χ1v) is 13.0. The Kier molecular flexibility index (Phi) is 8.38. The molecule has 204 valence electrons. The third kappa shape index (κ3) is 5.84. The minimum atomic E-state index is -0.743. The molecule has 2 amide bonds. The highest BCUT2D eigenvalue weighted by Crippen LogP contribution is 2.30. The number of amides is 2. The first kappa shape index (κ1) is 27.6. The number of aromatic nitrogens is 3. The van der Waals surface area contributed by atoms with Crippen LogP contribution in [0, 0.1) is 5.41 Å². The average molecular weight is 564 g/mol. The van der Waals surface area contributed by atoms with E-state index >= 15 is 0 Å². The Morgan fingerprint density at radius 3 is 2.42 bits per heavy atom. The number of piperazine rings is 1. The maximum Gasteiger partial charge on any atom is 0.280 e. The van der Waals surface area contributed by atoms with E-state index in [0.717, 1.165) is 25.8 Å². The summed E-state index contributed by atoms with van der Waals surface area (Å²) in [6.45, 7) is 5.47. The summed E-state index contributed by atoms with van der Waals surface area (Å²) in [5.74, 6) is -0.940. The average Bonchev–Trinajstić information content (AvgIpc) is 2.88. The number of nitrogens with two attached hydrogens (primary N) is 3. The van der Waals surface area contributed by atoms with Crippen LogP contribution in [-0.2, 0) is 0 Å². The number of hydrogen-bond acceptors (Lipinski definition) is 10.